The molecule has 0 spiro atoms. The maximum absolute atomic E-state index is 10.1. The Morgan fingerprint density at radius 2 is 2.40 bits per heavy atom. The van der Waals surface area contributed by atoms with Gasteiger partial charge >= 0.3 is 10.3 Å². The Labute approximate surface area is 57.1 Å². The second kappa shape index (κ2) is 2.27. The summed E-state index contributed by atoms with van der Waals surface area (Å²) in [6, 6.07) is 0. The topological polar surface area (TPSA) is 95.1 Å². The number of anilines is 1. The molecule has 0 unspecified atom stereocenters. The molecule has 3 N–H and O–H groups in total. The van der Waals surface area contributed by atoms with E-state index < -0.39 is 10.3 Å². The van der Waals surface area contributed by atoms with Gasteiger partial charge in [-0.2, -0.15) is 13.5 Å². The number of rotatable bonds is 2. The van der Waals surface area contributed by atoms with E-state index in [0.717, 1.165) is 0 Å². The van der Waals surface area contributed by atoms with Gasteiger partial charge in [-0.25, -0.2) is 0 Å². The van der Waals surface area contributed by atoms with Crippen molar-refractivity contribution in [1.82, 2.24) is 10.2 Å². The van der Waals surface area contributed by atoms with Crippen molar-refractivity contribution in [3.8, 4) is 0 Å². The van der Waals surface area contributed by atoms with Crippen molar-refractivity contribution in [3.63, 3.8) is 0 Å². The van der Waals surface area contributed by atoms with Crippen molar-refractivity contribution in [2.45, 2.75) is 0 Å². The van der Waals surface area contributed by atoms with Gasteiger partial charge in [-0.05, 0) is 0 Å². The highest BCUT2D eigenvalue weighted by molar-refractivity contribution is 7.87. The van der Waals surface area contributed by atoms with Crippen molar-refractivity contribution in [2.24, 2.45) is 0 Å². The van der Waals surface area contributed by atoms with Crippen LogP contribution in [0.4, 0.5) is 5.69 Å². The summed E-state index contributed by atoms with van der Waals surface area (Å²) in [7, 11) is -4.16. The van der Waals surface area contributed by atoms with E-state index in [0.29, 0.717) is 0 Å². The zero-order chi connectivity index (χ0) is 7.61. The van der Waals surface area contributed by atoms with Crippen LogP contribution in [0.1, 0.15) is 0 Å². The average molecular weight is 163 g/mol. The van der Waals surface area contributed by atoms with Gasteiger partial charge in [-0.15, -0.1) is 0 Å². The zero-order valence-corrected chi connectivity index (χ0v) is 5.59. The second-order valence-corrected chi connectivity index (χ2v) is 2.72. The van der Waals surface area contributed by atoms with Crippen molar-refractivity contribution in [2.75, 3.05) is 4.72 Å². The highest BCUT2D eigenvalue weighted by Gasteiger charge is 2.02. The van der Waals surface area contributed by atoms with Gasteiger partial charge in [0.05, 0.1) is 11.9 Å². The number of hydrogen-bond acceptors (Lipinski definition) is 3. The number of H-pyrrole nitrogens is 1. The highest BCUT2D eigenvalue weighted by Crippen LogP contribution is 2.01. The maximum atomic E-state index is 10.1. The smallest absolute Gasteiger partial charge is 0.284 e. The van der Waals surface area contributed by atoms with Gasteiger partial charge in [0.15, 0.2) is 0 Å². The van der Waals surface area contributed by atoms with Gasteiger partial charge in [0, 0.05) is 6.20 Å². The second-order valence-electron chi connectivity index (χ2n) is 1.56. The average Bonchev–Trinajstić information content (AvgIpc) is 2.12. The summed E-state index contributed by atoms with van der Waals surface area (Å²) in [6.45, 7) is 0. The van der Waals surface area contributed by atoms with E-state index >= 15 is 0 Å². The lowest BCUT2D eigenvalue weighted by Crippen LogP contribution is -2.09. The molecular weight excluding hydrogens is 158 g/mol. The van der Waals surface area contributed by atoms with Gasteiger partial charge in [-0.3, -0.25) is 14.4 Å². The van der Waals surface area contributed by atoms with Crippen LogP contribution in [0, 0.1) is 0 Å². The Morgan fingerprint density at radius 3 is 2.80 bits per heavy atom. The first kappa shape index (κ1) is 7.03. The molecule has 0 amide bonds. The molecule has 0 aliphatic rings. The minimum Gasteiger partial charge on any atom is -0.284 e. The van der Waals surface area contributed by atoms with Crippen molar-refractivity contribution in [3.05, 3.63) is 12.4 Å². The molecule has 0 fully saturated rings. The molecule has 7 heteroatoms. The predicted molar refractivity (Wildman–Crippen MR) is 33.8 cm³/mol. The van der Waals surface area contributed by atoms with E-state index in [4.69, 9.17) is 4.55 Å². The Balaban J connectivity index is 2.75. The van der Waals surface area contributed by atoms with Crippen LogP contribution in [-0.4, -0.2) is 23.2 Å². The largest absolute Gasteiger partial charge is 0.357 e. The standard InChI is InChI=1S/C3H5N3O3S/c7-10(8,9)6-3-1-4-5-2-3/h1-2,6H,(H,4,5)(H,7,8,9). The molecule has 6 nitrogen and oxygen atoms in total. The molecule has 1 rings (SSSR count). The molecule has 0 aromatic carbocycles. The van der Waals surface area contributed by atoms with E-state index in [2.05, 4.69) is 10.2 Å². The quantitative estimate of drug-likeness (QED) is 0.518. The van der Waals surface area contributed by atoms with Crippen molar-refractivity contribution in [1.29, 1.82) is 0 Å². The van der Waals surface area contributed by atoms with Gasteiger partial charge in [0.2, 0.25) is 0 Å². The van der Waals surface area contributed by atoms with Gasteiger partial charge in [0.25, 0.3) is 0 Å². The lowest BCUT2D eigenvalue weighted by Gasteiger charge is -1.94. The number of nitrogens with one attached hydrogen (secondary N) is 2. The van der Waals surface area contributed by atoms with Crippen molar-refractivity contribution < 1.29 is 13.0 Å². The molecule has 0 radical (unpaired) electrons. The first-order valence-corrected chi connectivity index (χ1v) is 3.76. The SMILES string of the molecule is O=S(=O)(O)Nc1cn[nH]c1. The van der Waals surface area contributed by atoms with Crippen LogP contribution in [0.25, 0.3) is 0 Å². The van der Waals surface area contributed by atoms with Crippen LogP contribution in [0.5, 0.6) is 0 Å². The summed E-state index contributed by atoms with van der Waals surface area (Å²) >= 11 is 0. The molecule has 1 aromatic heterocycles. The predicted octanol–water partition coefficient (Wildman–Crippen LogP) is -0.376. The van der Waals surface area contributed by atoms with Gasteiger partial charge in [0.1, 0.15) is 0 Å². The Kier molecular flexibility index (Phi) is 1.60. The molecule has 0 atom stereocenters. The lowest BCUT2D eigenvalue weighted by molar-refractivity contribution is 0.490. The van der Waals surface area contributed by atoms with Crippen LogP contribution < -0.4 is 4.72 Å². The molecule has 0 aliphatic carbocycles. The molecule has 1 heterocycles. The number of hydrogen-bond donors (Lipinski definition) is 3. The Bertz CT molecular complexity index is 289. The summed E-state index contributed by atoms with van der Waals surface area (Å²) in [6.07, 6.45) is 2.53. The summed E-state index contributed by atoms with van der Waals surface area (Å²) < 4.78 is 30.2. The van der Waals surface area contributed by atoms with Gasteiger partial charge in [-0.1, -0.05) is 0 Å². The van der Waals surface area contributed by atoms with E-state index in [1.807, 2.05) is 0 Å². The fourth-order valence-corrected chi connectivity index (χ4v) is 0.865. The minimum absolute atomic E-state index is 0.197. The summed E-state index contributed by atoms with van der Waals surface area (Å²) in [4.78, 5) is 0. The summed E-state index contributed by atoms with van der Waals surface area (Å²) in [5.74, 6) is 0. The molecule has 0 aliphatic heterocycles. The van der Waals surface area contributed by atoms with E-state index in [1.54, 1.807) is 4.72 Å². The monoisotopic (exact) mass is 163 g/mol. The lowest BCUT2D eigenvalue weighted by atomic mass is 10.6. The summed E-state index contributed by atoms with van der Waals surface area (Å²) in [5, 5.41) is 5.81. The molecule has 10 heavy (non-hydrogen) atoms. The van der Waals surface area contributed by atoms with Crippen LogP contribution in [0.2, 0.25) is 0 Å². The molecule has 0 saturated heterocycles. The van der Waals surface area contributed by atoms with E-state index in [9.17, 15) is 8.42 Å². The minimum atomic E-state index is -4.16. The van der Waals surface area contributed by atoms with E-state index in [-0.39, 0.29) is 5.69 Å². The van der Waals surface area contributed by atoms with Gasteiger partial charge < -0.3 is 0 Å². The third-order valence-corrected chi connectivity index (χ3v) is 1.24. The van der Waals surface area contributed by atoms with Crippen molar-refractivity contribution >= 4 is 16.0 Å². The third-order valence-electron chi connectivity index (χ3n) is 0.745. The molecule has 56 valence electrons. The normalized spacial score (nSPS) is 11.3. The van der Waals surface area contributed by atoms with Crippen LogP contribution in [0.3, 0.4) is 0 Å². The fraction of sp³-hybridized carbons (Fsp3) is 0. The third kappa shape index (κ3) is 2.03. The fourth-order valence-electron chi connectivity index (χ4n) is 0.456. The maximum Gasteiger partial charge on any atom is 0.357 e. The molecule has 1 aromatic rings. The zero-order valence-electron chi connectivity index (χ0n) is 4.77. The Morgan fingerprint density at radius 1 is 1.70 bits per heavy atom. The Hall–Kier alpha value is -1.08. The summed E-state index contributed by atoms with van der Waals surface area (Å²) in [5.41, 5.74) is 0.197. The number of aromatic nitrogens is 2. The van der Waals surface area contributed by atoms with Crippen LogP contribution in [0.15, 0.2) is 12.4 Å². The first-order valence-electron chi connectivity index (χ1n) is 2.32. The number of aromatic amines is 1. The highest BCUT2D eigenvalue weighted by atomic mass is 32.2. The first-order chi connectivity index (χ1) is 4.58. The van der Waals surface area contributed by atoms with E-state index in [1.165, 1.54) is 12.4 Å². The van der Waals surface area contributed by atoms with Crippen LogP contribution >= 0.6 is 0 Å². The molecule has 0 saturated carbocycles. The van der Waals surface area contributed by atoms with Crippen LogP contribution in [-0.2, 0) is 10.3 Å². The molecule has 0 bridgehead atoms. The molecular formula is C3H5N3O3S. The number of nitrogens with zero attached hydrogens (tertiary/aromatic N) is 1.